The van der Waals surface area contributed by atoms with Crippen molar-refractivity contribution in [3.8, 4) is 11.3 Å². The fraction of sp³-hybridized carbons (Fsp3) is 0.478. The van der Waals surface area contributed by atoms with Crippen LogP contribution >= 0.6 is 0 Å². The van der Waals surface area contributed by atoms with Crippen LogP contribution in [0.4, 0.5) is 4.39 Å². The van der Waals surface area contributed by atoms with Gasteiger partial charge in [-0.25, -0.2) is 4.39 Å². The predicted octanol–water partition coefficient (Wildman–Crippen LogP) is 3.94. The highest BCUT2D eigenvalue weighted by atomic mass is 19.1. The van der Waals surface area contributed by atoms with E-state index in [1.54, 1.807) is 25.1 Å². The topological polar surface area (TPSA) is 84.0 Å². The zero-order chi connectivity index (χ0) is 21.1. The van der Waals surface area contributed by atoms with Gasteiger partial charge in [0.2, 0.25) is 0 Å². The van der Waals surface area contributed by atoms with E-state index in [1.807, 2.05) is 0 Å². The van der Waals surface area contributed by atoms with Crippen molar-refractivity contribution in [1.29, 1.82) is 0 Å². The first-order valence-electron chi connectivity index (χ1n) is 10.8. The van der Waals surface area contributed by atoms with Crippen LogP contribution in [0.25, 0.3) is 11.3 Å². The molecule has 1 aromatic heterocycles. The fourth-order valence-electron chi connectivity index (χ4n) is 4.00. The average Bonchev–Trinajstić information content (AvgIpc) is 2.73. The molecule has 0 saturated heterocycles. The van der Waals surface area contributed by atoms with Crippen LogP contribution < -0.4 is 10.6 Å². The van der Waals surface area contributed by atoms with E-state index in [-0.39, 0.29) is 35.2 Å². The zero-order valence-electron chi connectivity index (χ0n) is 17.2. The summed E-state index contributed by atoms with van der Waals surface area (Å²) in [4.78, 5) is 24.9. The van der Waals surface area contributed by atoms with E-state index < -0.39 is 5.82 Å². The third-order valence-corrected chi connectivity index (χ3v) is 6.16. The van der Waals surface area contributed by atoms with Crippen LogP contribution in [0.15, 0.2) is 24.3 Å². The summed E-state index contributed by atoms with van der Waals surface area (Å²) in [5, 5.41) is 14.1. The van der Waals surface area contributed by atoms with Crippen molar-refractivity contribution in [3.63, 3.8) is 0 Å². The van der Waals surface area contributed by atoms with E-state index >= 15 is 0 Å². The fourth-order valence-corrected chi connectivity index (χ4v) is 4.00. The van der Waals surface area contributed by atoms with Crippen LogP contribution in [0.1, 0.15) is 77.8 Å². The zero-order valence-corrected chi connectivity index (χ0v) is 17.2. The number of carbonyl (C=O) groups excluding carboxylic acids is 2. The number of carbonyl (C=O) groups is 2. The SMILES string of the molecule is Cc1c(F)cc(C(=O)NC2CCC2)cc1-c1ccc(C(=O)NC2CCCCC2)nn1. The summed E-state index contributed by atoms with van der Waals surface area (Å²) in [6.45, 7) is 1.64. The van der Waals surface area contributed by atoms with Gasteiger partial charge in [0.15, 0.2) is 5.69 Å². The number of amides is 2. The second kappa shape index (κ2) is 8.90. The number of nitrogens with zero attached hydrogens (tertiary/aromatic N) is 2. The van der Waals surface area contributed by atoms with Crippen molar-refractivity contribution in [2.24, 2.45) is 0 Å². The molecule has 7 heteroatoms. The Hall–Kier alpha value is -2.83. The Bertz CT molecular complexity index is 935. The molecule has 4 rings (SSSR count). The third kappa shape index (κ3) is 4.50. The van der Waals surface area contributed by atoms with Gasteiger partial charge in [-0.3, -0.25) is 9.59 Å². The number of rotatable bonds is 5. The smallest absolute Gasteiger partial charge is 0.272 e. The molecule has 1 heterocycles. The van der Waals surface area contributed by atoms with E-state index in [1.165, 1.54) is 12.5 Å². The lowest BCUT2D eigenvalue weighted by Crippen LogP contribution is -2.39. The monoisotopic (exact) mass is 410 g/mol. The van der Waals surface area contributed by atoms with Gasteiger partial charge in [0.05, 0.1) is 5.69 Å². The Kier molecular flexibility index (Phi) is 6.06. The van der Waals surface area contributed by atoms with Gasteiger partial charge < -0.3 is 10.6 Å². The largest absolute Gasteiger partial charge is 0.349 e. The number of benzene rings is 1. The molecule has 2 aliphatic carbocycles. The van der Waals surface area contributed by atoms with Gasteiger partial charge in [-0.15, -0.1) is 10.2 Å². The summed E-state index contributed by atoms with van der Waals surface area (Å²) >= 11 is 0. The van der Waals surface area contributed by atoms with Gasteiger partial charge in [0.1, 0.15) is 5.82 Å². The molecule has 2 aliphatic rings. The Labute approximate surface area is 175 Å². The first-order valence-corrected chi connectivity index (χ1v) is 10.8. The Morgan fingerprint density at radius 1 is 0.900 bits per heavy atom. The van der Waals surface area contributed by atoms with Crippen molar-refractivity contribution < 1.29 is 14.0 Å². The van der Waals surface area contributed by atoms with Crippen LogP contribution in [-0.4, -0.2) is 34.1 Å². The van der Waals surface area contributed by atoms with E-state index in [0.717, 1.165) is 44.9 Å². The van der Waals surface area contributed by atoms with Gasteiger partial charge in [-0.05, 0) is 68.9 Å². The first kappa shape index (κ1) is 20.4. The number of nitrogens with one attached hydrogen (secondary N) is 2. The molecule has 0 radical (unpaired) electrons. The molecular weight excluding hydrogens is 383 g/mol. The highest BCUT2D eigenvalue weighted by Crippen LogP contribution is 2.26. The van der Waals surface area contributed by atoms with Crippen LogP contribution in [0.5, 0.6) is 0 Å². The minimum absolute atomic E-state index is 0.173. The molecule has 0 spiro atoms. The number of hydrogen-bond acceptors (Lipinski definition) is 4. The van der Waals surface area contributed by atoms with Crippen molar-refractivity contribution in [1.82, 2.24) is 20.8 Å². The standard InChI is InChI=1S/C23H27FN4O2/c1-14-18(12-15(13-19(14)24)22(29)25-17-8-5-9-17)20-10-11-21(28-27-20)23(30)26-16-6-3-2-4-7-16/h10-13,16-17H,2-9H2,1H3,(H,25,29)(H,26,30). The molecule has 30 heavy (non-hydrogen) atoms. The third-order valence-electron chi connectivity index (χ3n) is 6.16. The van der Waals surface area contributed by atoms with E-state index in [4.69, 9.17) is 0 Å². The van der Waals surface area contributed by atoms with Crippen LogP contribution in [-0.2, 0) is 0 Å². The number of hydrogen-bond donors (Lipinski definition) is 2. The van der Waals surface area contributed by atoms with Crippen molar-refractivity contribution in [2.45, 2.75) is 70.4 Å². The van der Waals surface area contributed by atoms with E-state index in [9.17, 15) is 14.0 Å². The molecule has 0 atom stereocenters. The second-order valence-electron chi connectivity index (χ2n) is 8.34. The van der Waals surface area contributed by atoms with E-state index in [0.29, 0.717) is 16.8 Å². The molecule has 6 nitrogen and oxygen atoms in total. The Balaban J connectivity index is 1.51. The van der Waals surface area contributed by atoms with Crippen molar-refractivity contribution in [3.05, 3.63) is 46.9 Å². The lowest BCUT2D eigenvalue weighted by Gasteiger charge is -2.26. The summed E-state index contributed by atoms with van der Waals surface area (Å²) in [7, 11) is 0. The van der Waals surface area contributed by atoms with E-state index in [2.05, 4.69) is 20.8 Å². The molecule has 2 aromatic rings. The summed E-state index contributed by atoms with van der Waals surface area (Å²) < 4.78 is 14.5. The van der Waals surface area contributed by atoms with Gasteiger partial charge in [-0.1, -0.05) is 19.3 Å². The molecule has 0 unspecified atom stereocenters. The maximum Gasteiger partial charge on any atom is 0.272 e. The Morgan fingerprint density at radius 2 is 1.57 bits per heavy atom. The number of aromatic nitrogens is 2. The predicted molar refractivity (Wildman–Crippen MR) is 112 cm³/mol. The first-order chi connectivity index (χ1) is 14.5. The molecule has 0 bridgehead atoms. The van der Waals surface area contributed by atoms with Gasteiger partial charge >= 0.3 is 0 Å². The maximum absolute atomic E-state index is 14.5. The molecule has 158 valence electrons. The van der Waals surface area contributed by atoms with Crippen LogP contribution in [0.3, 0.4) is 0 Å². The Morgan fingerprint density at radius 3 is 2.17 bits per heavy atom. The summed E-state index contributed by atoms with van der Waals surface area (Å²) in [6, 6.07) is 6.50. The molecule has 2 amide bonds. The lowest BCUT2D eigenvalue weighted by atomic mass is 9.92. The molecule has 0 aliphatic heterocycles. The van der Waals surface area contributed by atoms with Gasteiger partial charge in [0.25, 0.3) is 11.8 Å². The van der Waals surface area contributed by atoms with Crippen molar-refractivity contribution >= 4 is 11.8 Å². The summed E-state index contributed by atoms with van der Waals surface area (Å²) in [5.41, 5.74) is 1.82. The lowest BCUT2D eigenvalue weighted by molar-refractivity contribution is 0.0910. The van der Waals surface area contributed by atoms with Gasteiger partial charge in [-0.2, -0.15) is 0 Å². The quantitative estimate of drug-likeness (QED) is 0.782. The minimum Gasteiger partial charge on any atom is -0.349 e. The minimum atomic E-state index is -0.466. The highest BCUT2D eigenvalue weighted by Gasteiger charge is 2.22. The molecule has 1 aromatic carbocycles. The molecule has 2 N–H and O–H groups in total. The van der Waals surface area contributed by atoms with Crippen molar-refractivity contribution in [2.75, 3.05) is 0 Å². The maximum atomic E-state index is 14.5. The summed E-state index contributed by atoms with van der Waals surface area (Å²) in [6.07, 6.45) is 8.49. The molecule has 2 saturated carbocycles. The van der Waals surface area contributed by atoms with Crippen LogP contribution in [0, 0.1) is 12.7 Å². The molecule has 2 fully saturated rings. The number of halogens is 1. The van der Waals surface area contributed by atoms with Gasteiger partial charge in [0, 0.05) is 23.2 Å². The van der Waals surface area contributed by atoms with Crippen LogP contribution in [0.2, 0.25) is 0 Å². The second-order valence-corrected chi connectivity index (χ2v) is 8.34. The summed E-state index contributed by atoms with van der Waals surface area (Å²) in [5.74, 6) is -0.985. The normalized spacial score (nSPS) is 17.3. The highest BCUT2D eigenvalue weighted by molar-refractivity contribution is 5.96. The average molecular weight is 410 g/mol. The molecular formula is C23H27FN4O2.